The fourth-order valence-electron chi connectivity index (χ4n) is 3.78. The normalized spacial score (nSPS) is 20.3. The first kappa shape index (κ1) is 19.3. The summed E-state index contributed by atoms with van der Waals surface area (Å²) >= 11 is 0. The van der Waals surface area contributed by atoms with Gasteiger partial charge in [0.1, 0.15) is 0 Å². The zero-order valence-electron chi connectivity index (χ0n) is 16.2. The second-order valence-corrected chi connectivity index (χ2v) is 7.46. The Balaban J connectivity index is 1.37. The van der Waals surface area contributed by atoms with Crippen LogP contribution in [0.1, 0.15) is 15.9 Å². The molecule has 2 saturated heterocycles. The third-order valence-electron chi connectivity index (χ3n) is 5.49. The van der Waals surface area contributed by atoms with E-state index in [4.69, 9.17) is 5.73 Å². The van der Waals surface area contributed by atoms with Crippen molar-refractivity contribution in [3.8, 4) is 0 Å². The molecular formula is C20H23FN6O2. The van der Waals surface area contributed by atoms with Gasteiger partial charge in [-0.3, -0.25) is 14.5 Å². The van der Waals surface area contributed by atoms with E-state index in [9.17, 15) is 14.0 Å². The van der Waals surface area contributed by atoms with Gasteiger partial charge < -0.3 is 15.5 Å². The Morgan fingerprint density at radius 3 is 2.52 bits per heavy atom. The van der Waals surface area contributed by atoms with Gasteiger partial charge in [-0.2, -0.15) is 4.98 Å². The summed E-state index contributed by atoms with van der Waals surface area (Å²) in [6, 6.07) is 7.26. The highest BCUT2D eigenvalue weighted by molar-refractivity contribution is 5.94. The Kier molecular flexibility index (Phi) is 5.14. The molecule has 2 N–H and O–H groups in total. The van der Waals surface area contributed by atoms with E-state index in [1.54, 1.807) is 4.90 Å². The lowest BCUT2D eigenvalue weighted by Gasteiger charge is -2.37. The first-order chi connectivity index (χ1) is 13.9. The minimum Gasteiger partial charge on any atom is -0.381 e. The van der Waals surface area contributed by atoms with Crippen LogP contribution in [0, 0.1) is 12.7 Å². The molecule has 1 aromatic heterocycles. The summed E-state index contributed by atoms with van der Waals surface area (Å²) in [5, 5.41) is 0. The topological polar surface area (TPSA) is 95.7 Å². The van der Waals surface area contributed by atoms with Crippen molar-refractivity contribution in [1.82, 2.24) is 19.8 Å². The zero-order valence-corrected chi connectivity index (χ0v) is 16.2. The zero-order chi connectivity index (χ0) is 20.5. The van der Waals surface area contributed by atoms with E-state index in [2.05, 4.69) is 14.9 Å². The van der Waals surface area contributed by atoms with E-state index >= 15 is 0 Å². The second-order valence-electron chi connectivity index (χ2n) is 7.46. The number of Topliss-reactive ketones (excluding diaryl/α,β-unsaturated/α-hetero) is 1. The van der Waals surface area contributed by atoms with Crippen LogP contribution in [-0.2, 0) is 4.79 Å². The Bertz CT molecular complexity index is 927. The number of nitrogen functional groups attached to an aromatic ring is 1. The molecule has 0 unspecified atom stereocenters. The van der Waals surface area contributed by atoms with Crippen molar-refractivity contribution in [3.05, 3.63) is 47.4 Å². The van der Waals surface area contributed by atoms with Crippen molar-refractivity contribution >= 4 is 23.5 Å². The number of nitrogens with two attached hydrogens (primary N) is 1. The predicted octanol–water partition coefficient (Wildman–Crippen LogP) is 0.722. The van der Waals surface area contributed by atoms with Crippen LogP contribution in [0.5, 0.6) is 0 Å². The maximum absolute atomic E-state index is 13.3. The number of rotatable bonds is 3. The largest absolute Gasteiger partial charge is 0.381 e. The maximum atomic E-state index is 13.3. The number of amides is 1. The highest BCUT2D eigenvalue weighted by Gasteiger charge is 2.38. The van der Waals surface area contributed by atoms with Gasteiger partial charge in [-0.05, 0) is 19.1 Å². The third-order valence-corrected chi connectivity index (χ3v) is 5.49. The summed E-state index contributed by atoms with van der Waals surface area (Å²) < 4.78 is 13.3. The number of benzene rings is 1. The fraction of sp³-hybridized carbons (Fsp3) is 0.400. The minimum atomic E-state index is -0.676. The molecule has 0 aliphatic carbocycles. The van der Waals surface area contributed by atoms with Crippen molar-refractivity contribution in [2.75, 3.05) is 49.9 Å². The SMILES string of the molecule is Cc1ccc(C(=O)N2CCN([C@@H]3CN(c4ncc(F)c(N)n4)CC3=O)CC2)cc1. The van der Waals surface area contributed by atoms with E-state index in [0.29, 0.717) is 38.3 Å². The van der Waals surface area contributed by atoms with Crippen molar-refractivity contribution in [2.24, 2.45) is 0 Å². The number of piperazine rings is 1. The summed E-state index contributed by atoms with van der Waals surface area (Å²) in [7, 11) is 0. The van der Waals surface area contributed by atoms with Crippen molar-refractivity contribution < 1.29 is 14.0 Å². The van der Waals surface area contributed by atoms with Gasteiger partial charge in [-0.15, -0.1) is 0 Å². The monoisotopic (exact) mass is 398 g/mol. The van der Waals surface area contributed by atoms with E-state index in [0.717, 1.165) is 11.8 Å². The van der Waals surface area contributed by atoms with Crippen LogP contribution in [0.15, 0.2) is 30.5 Å². The standard InChI is InChI=1S/C20H23FN6O2/c1-13-2-4-14(5-3-13)19(29)26-8-6-25(7-9-26)16-11-27(12-17(16)28)20-23-10-15(21)18(22)24-20/h2-5,10,16H,6-9,11-12H2,1H3,(H2,22,23,24)/t16-/m1/s1. The number of nitrogens with zero attached hydrogens (tertiary/aromatic N) is 5. The van der Waals surface area contributed by atoms with Crippen LogP contribution in [-0.4, -0.2) is 76.8 Å². The fourth-order valence-corrected chi connectivity index (χ4v) is 3.78. The second kappa shape index (κ2) is 7.75. The van der Waals surface area contributed by atoms with Crippen molar-refractivity contribution in [1.29, 1.82) is 0 Å². The predicted molar refractivity (Wildman–Crippen MR) is 106 cm³/mol. The molecule has 0 radical (unpaired) electrons. The molecule has 8 nitrogen and oxygen atoms in total. The lowest BCUT2D eigenvalue weighted by molar-refractivity contribution is -0.121. The molecule has 3 heterocycles. The van der Waals surface area contributed by atoms with Gasteiger partial charge in [0, 0.05) is 38.3 Å². The number of halogens is 1. The molecule has 152 valence electrons. The molecule has 2 aliphatic rings. The van der Waals surface area contributed by atoms with Crippen molar-refractivity contribution in [2.45, 2.75) is 13.0 Å². The Labute approximate surface area is 168 Å². The first-order valence-corrected chi connectivity index (χ1v) is 9.58. The van der Waals surface area contributed by atoms with E-state index in [1.165, 1.54) is 0 Å². The van der Waals surface area contributed by atoms with Crippen molar-refractivity contribution in [3.63, 3.8) is 0 Å². The molecule has 9 heteroatoms. The molecule has 0 spiro atoms. The van der Waals surface area contributed by atoms with Gasteiger partial charge in [0.2, 0.25) is 5.95 Å². The molecule has 2 aliphatic heterocycles. The minimum absolute atomic E-state index is 0.0132. The van der Waals surface area contributed by atoms with Gasteiger partial charge in [0.15, 0.2) is 17.4 Å². The van der Waals surface area contributed by atoms with E-state index < -0.39 is 5.82 Å². The number of hydrogen-bond donors (Lipinski definition) is 1. The lowest BCUT2D eigenvalue weighted by atomic mass is 10.1. The summed E-state index contributed by atoms with van der Waals surface area (Å²) in [6.07, 6.45) is 1.02. The summed E-state index contributed by atoms with van der Waals surface area (Å²) in [5.41, 5.74) is 7.31. The number of ketones is 1. The van der Waals surface area contributed by atoms with Crippen LogP contribution in [0.4, 0.5) is 16.2 Å². The lowest BCUT2D eigenvalue weighted by Crippen LogP contribution is -2.54. The molecule has 1 amide bonds. The molecule has 1 aromatic carbocycles. The summed E-state index contributed by atoms with van der Waals surface area (Å²) in [6.45, 7) is 4.95. The number of aromatic nitrogens is 2. The maximum Gasteiger partial charge on any atom is 0.253 e. The Morgan fingerprint density at radius 2 is 1.86 bits per heavy atom. The van der Waals surface area contributed by atoms with Crippen LogP contribution >= 0.6 is 0 Å². The molecule has 2 fully saturated rings. The number of hydrogen-bond acceptors (Lipinski definition) is 7. The third kappa shape index (κ3) is 3.91. The average Bonchev–Trinajstić information content (AvgIpc) is 3.12. The number of anilines is 2. The van der Waals surface area contributed by atoms with E-state index in [1.807, 2.05) is 36.1 Å². The molecule has 1 atom stereocenters. The van der Waals surface area contributed by atoms with Gasteiger partial charge in [-0.25, -0.2) is 9.37 Å². The highest BCUT2D eigenvalue weighted by atomic mass is 19.1. The average molecular weight is 398 g/mol. The van der Waals surface area contributed by atoms with Gasteiger partial charge in [0.05, 0.1) is 18.8 Å². The smallest absolute Gasteiger partial charge is 0.253 e. The Morgan fingerprint density at radius 1 is 1.17 bits per heavy atom. The number of carbonyl (C=O) groups excluding carboxylic acids is 2. The van der Waals surface area contributed by atoms with Crippen LogP contribution in [0.25, 0.3) is 0 Å². The Hall–Kier alpha value is -3.07. The summed E-state index contributed by atoms with van der Waals surface area (Å²) in [4.78, 5) is 38.7. The molecule has 0 bridgehead atoms. The number of carbonyl (C=O) groups is 2. The molecule has 4 rings (SSSR count). The van der Waals surface area contributed by atoms with Crippen LogP contribution in [0.2, 0.25) is 0 Å². The molecule has 2 aromatic rings. The highest BCUT2D eigenvalue weighted by Crippen LogP contribution is 2.21. The van der Waals surface area contributed by atoms with E-state index in [-0.39, 0.29) is 36.0 Å². The van der Waals surface area contributed by atoms with Gasteiger partial charge in [0.25, 0.3) is 5.91 Å². The summed E-state index contributed by atoms with van der Waals surface area (Å²) in [5.74, 6) is -0.568. The molecular weight excluding hydrogens is 375 g/mol. The molecule has 0 saturated carbocycles. The molecule has 29 heavy (non-hydrogen) atoms. The quantitative estimate of drug-likeness (QED) is 0.814. The first-order valence-electron chi connectivity index (χ1n) is 9.58. The van der Waals surface area contributed by atoms with Crippen LogP contribution in [0.3, 0.4) is 0 Å². The van der Waals surface area contributed by atoms with Gasteiger partial charge >= 0.3 is 0 Å². The van der Waals surface area contributed by atoms with Gasteiger partial charge in [-0.1, -0.05) is 17.7 Å². The number of aryl methyl sites for hydroxylation is 1. The van der Waals surface area contributed by atoms with Crippen LogP contribution < -0.4 is 10.6 Å².